The molecule has 0 unspecified atom stereocenters. The van der Waals surface area contributed by atoms with Gasteiger partial charge in [0.1, 0.15) is 11.6 Å². The second kappa shape index (κ2) is 6.66. The van der Waals surface area contributed by atoms with E-state index in [4.69, 9.17) is 0 Å². The van der Waals surface area contributed by atoms with Gasteiger partial charge in [-0.25, -0.2) is 4.39 Å². The van der Waals surface area contributed by atoms with Gasteiger partial charge in [-0.05, 0) is 45.9 Å². The molecule has 1 aromatic carbocycles. The van der Waals surface area contributed by atoms with Gasteiger partial charge in [0.15, 0.2) is 5.78 Å². The largest absolute Gasteiger partial charge is 0.507 e. The van der Waals surface area contributed by atoms with Crippen LogP contribution in [0.25, 0.3) is 0 Å². The third-order valence-corrected chi connectivity index (χ3v) is 3.15. The lowest BCUT2D eigenvalue weighted by Gasteiger charge is -2.26. The average Bonchev–Trinajstić information content (AvgIpc) is 2.32. The van der Waals surface area contributed by atoms with Crippen LogP contribution < -0.4 is 0 Å². The Morgan fingerprint density at radius 1 is 1.42 bits per heavy atom. The summed E-state index contributed by atoms with van der Waals surface area (Å²) in [5, 5.41) is 10.1. The highest BCUT2D eigenvalue weighted by molar-refractivity contribution is 5.97. The molecule has 0 aliphatic heterocycles. The van der Waals surface area contributed by atoms with Crippen molar-refractivity contribution in [2.75, 3.05) is 6.54 Å². The van der Waals surface area contributed by atoms with Crippen LogP contribution in [0.2, 0.25) is 0 Å². The third kappa shape index (κ3) is 4.03. The summed E-state index contributed by atoms with van der Waals surface area (Å²) in [6.07, 6.45) is 0.980. The first-order chi connectivity index (χ1) is 8.86. The van der Waals surface area contributed by atoms with Gasteiger partial charge in [0.25, 0.3) is 0 Å². The monoisotopic (exact) mass is 267 g/mol. The van der Waals surface area contributed by atoms with Crippen LogP contribution >= 0.6 is 0 Å². The van der Waals surface area contributed by atoms with E-state index in [0.717, 1.165) is 19.0 Å². The van der Waals surface area contributed by atoms with Crippen LogP contribution in [0.15, 0.2) is 12.1 Å². The molecule has 3 nitrogen and oxygen atoms in total. The van der Waals surface area contributed by atoms with E-state index in [-0.39, 0.29) is 17.1 Å². The summed E-state index contributed by atoms with van der Waals surface area (Å²) in [6, 6.07) is 2.68. The molecule has 4 heteroatoms. The molecule has 1 N–H and O–H groups in total. The Labute approximate surface area is 114 Å². The lowest BCUT2D eigenvalue weighted by atomic mass is 10.0. The van der Waals surface area contributed by atoms with Crippen molar-refractivity contribution < 1.29 is 14.3 Å². The number of rotatable bonds is 6. The minimum atomic E-state index is -0.488. The lowest BCUT2D eigenvalue weighted by molar-refractivity contribution is 0.101. The maximum Gasteiger partial charge on any atom is 0.163 e. The van der Waals surface area contributed by atoms with Crippen LogP contribution in [-0.2, 0) is 6.54 Å². The van der Waals surface area contributed by atoms with Crippen LogP contribution in [0, 0.1) is 5.82 Å². The molecule has 106 valence electrons. The van der Waals surface area contributed by atoms with E-state index in [1.807, 2.05) is 0 Å². The van der Waals surface area contributed by atoms with Crippen molar-refractivity contribution in [3.05, 3.63) is 29.1 Å². The Kier molecular flexibility index (Phi) is 5.48. The molecule has 0 aliphatic rings. The SMILES string of the molecule is CCCN(Cc1cc(F)cc(C(C)=O)c1O)C(C)C. The number of carbonyl (C=O) groups is 1. The Morgan fingerprint density at radius 3 is 2.53 bits per heavy atom. The van der Waals surface area contributed by atoms with E-state index in [1.165, 1.54) is 13.0 Å². The summed E-state index contributed by atoms with van der Waals surface area (Å²) < 4.78 is 13.5. The minimum Gasteiger partial charge on any atom is -0.507 e. The second-order valence-electron chi connectivity index (χ2n) is 5.08. The molecule has 0 spiro atoms. The first kappa shape index (κ1) is 15.6. The van der Waals surface area contributed by atoms with E-state index in [0.29, 0.717) is 18.2 Å². The fourth-order valence-electron chi connectivity index (χ4n) is 2.07. The van der Waals surface area contributed by atoms with Crippen molar-refractivity contribution in [1.29, 1.82) is 0 Å². The minimum absolute atomic E-state index is 0.0511. The fraction of sp³-hybridized carbons (Fsp3) is 0.533. The maximum absolute atomic E-state index is 13.5. The van der Waals surface area contributed by atoms with Crippen LogP contribution in [-0.4, -0.2) is 28.4 Å². The van der Waals surface area contributed by atoms with Crippen LogP contribution in [0.4, 0.5) is 4.39 Å². The molecule has 0 radical (unpaired) electrons. The molecule has 1 rings (SSSR count). The summed E-state index contributed by atoms with van der Waals surface area (Å²) in [5.74, 6) is -0.918. The zero-order chi connectivity index (χ0) is 14.6. The Morgan fingerprint density at radius 2 is 2.05 bits per heavy atom. The van der Waals surface area contributed by atoms with E-state index in [2.05, 4.69) is 25.7 Å². The maximum atomic E-state index is 13.5. The molecule has 19 heavy (non-hydrogen) atoms. The molecular weight excluding hydrogens is 245 g/mol. The fourth-order valence-corrected chi connectivity index (χ4v) is 2.07. The number of hydrogen-bond donors (Lipinski definition) is 1. The van der Waals surface area contributed by atoms with Crippen molar-refractivity contribution in [1.82, 2.24) is 4.90 Å². The highest BCUT2D eigenvalue weighted by Gasteiger charge is 2.17. The number of phenolic OH excluding ortho intramolecular Hbond substituents is 1. The number of aromatic hydroxyl groups is 1. The first-order valence-corrected chi connectivity index (χ1v) is 6.63. The Bertz CT molecular complexity index is 458. The van der Waals surface area contributed by atoms with E-state index in [1.54, 1.807) is 0 Å². The van der Waals surface area contributed by atoms with Gasteiger partial charge in [-0.2, -0.15) is 0 Å². The first-order valence-electron chi connectivity index (χ1n) is 6.63. The molecule has 0 aliphatic carbocycles. The topological polar surface area (TPSA) is 40.5 Å². The predicted octanol–water partition coefficient (Wildman–Crippen LogP) is 3.35. The number of ketones is 1. The number of halogens is 1. The number of benzene rings is 1. The van der Waals surface area contributed by atoms with E-state index < -0.39 is 5.82 Å². The molecule has 0 amide bonds. The van der Waals surface area contributed by atoms with Gasteiger partial charge in [0.2, 0.25) is 0 Å². The zero-order valence-electron chi connectivity index (χ0n) is 12.0. The van der Waals surface area contributed by atoms with Crippen molar-refractivity contribution in [3.8, 4) is 5.75 Å². The molecule has 1 aromatic rings. The molecule has 0 saturated heterocycles. The highest BCUT2D eigenvalue weighted by Crippen LogP contribution is 2.26. The number of nitrogens with zero attached hydrogens (tertiary/aromatic N) is 1. The van der Waals surface area contributed by atoms with Crippen LogP contribution in [0.5, 0.6) is 5.75 Å². The Hall–Kier alpha value is -1.42. The zero-order valence-corrected chi connectivity index (χ0v) is 12.0. The second-order valence-corrected chi connectivity index (χ2v) is 5.08. The number of hydrogen-bond acceptors (Lipinski definition) is 3. The summed E-state index contributed by atoms with van der Waals surface area (Å²) in [5.41, 5.74) is 0.516. The Balaban J connectivity index is 3.09. The molecule has 0 bridgehead atoms. The standard InChI is InChI=1S/C15H22FNO2/c1-5-6-17(10(2)3)9-12-7-13(16)8-14(11(4)18)15(12)19/h7-8,10,19H,5-6,9H2,1-4H3. The normalized spacial score (nSPS) is 11.3. The van der Waals surface area contributed by atoms with Crippen molar-refractivity contribution in [2.24, 2.45) is 0 Å². The molecular formula is C15H22FNO2. The van der Waals surface area contributed by atoms with Gasteiger partial charge in [-0.15, -0.1) is 0 Å². The van der Waals surface area contributed by atoms with Gasteiger partial charge < -0.3 is 5.11 Å². The van der Waals surface area contributed by atoms with Gasteiger partial charge in [0, 0.05) is 18.2 Å². The number of Topliss-reactive ketones (excluding diaryl/α,β-unsaturated/α-hetero) is 1. The van der Waals surface area contributed by atoms with Crippen LogP contribution in [0.3, 0.4) is 0 Å². The molecule has 0 atom stereocenters. The number of carbonyl (C=O) groups excluding carboxylic acids is 1. The average molecular weight is 267 g/mol. The van der Waals surface area contributed by atoms with Crippen molar-refractivity contribution in [2.45, 2.75) is 46.7 Å². The summed E-state index contributed by atoms with van der Waals surface area (Å²) in [7, 11) is 0. The van der Waals surface area contributed by atoms with Gasteiger partial charge in [-0.1, -0.05) is 6.92 Å². The van der Waals surface area contributed by atoms with E-state index in [9.17, 15) is 14.3 Å². The number of phenols is 1. The van der Waals surface area contributed by atoms with Gasteiger partial charge >= 0.3 is 0 Å². The smallest absolute Gasteiger partial charge is 0.163 e. The van der Waals surface area contributed by atoms with Crippen molar-refractivity contribution in [3.63, 3.8) is 0 Å². The lowest BCUT2D eigenvalue weighted by Crippen LogP contribution is -2.31. The van der Waals surface area contributed by atoms with Gasteiger partial charge in [-0.3, -0.25) is 9.69 Å². The summed E-state index contributed by atoms with van der Waals surface area (Å²) in [6.45, 7) is 8.81. The van der Waals surface area contributed by atoms with Gasteiger partial charge in [0.05, 0.1) is 5.56 Å². The quantitative estimate of drug-likeness (QED) is 0.803. The highest BCUT2D eigenvalue weighted by atomic mass is 19.1. The predicted molar refractivity (Wildman–Crippen MR) is 73.9 cm³/mol. The van der Waals surface area contributed by atoms with Crippen molar-refractivity contribution >= 4 is 5.78 Å². The van der Waals surface area contributed by atoms with Crippen LogP contribution in [0.1, 0.15) is 50.0 Å². The molecule has 0 saturated carbocycles. The molecule has 0 aromatic heterocycles. The summed E-state index contributed by atoms with van der Waals surface area (Å²) in [4.78, 5) is 13.5. The summed E-state index contributed by atoms with van der Waals surface area (Å²) >= 11 is 0. The molecule has 0 fully saturated rings. The van der Waals surface area contributed by atoms with E-state index >= 15 is 0 Å². The third-order valence-electron chi connectivity index (χ3n) is 3.15. The molecule has 0 heterocycles.